The van der Waals surface area contributed by atoms with Crippen molar-refractivity contribution in [1.29, 1.82) is 0 Å². The number of urea groups is 1. The molecule has 0 aliphatic rings. The maximum absolute atomic E-state index is 13.6. The highest BCUT2D eigenvalue weighted by Crippen LogP contribution is 2.39. The summed E-state index contributed by atoms with van der Waals surface area (Å²) >= 11 is 0.768. The second-order valence-electron chi connectivity index (χ2n) is 10.3. The van der Waals surface area contributed by atoms with Crippen LogP contribution in [-0.4, -0.2) is 51.4 Å². The van der Waals surface area contributed by atoms with Gasteiger partial charge in [0.1, 0.15) is 16.4 Å². The highest BCUT2D eigenvalue weighted by Gasteiger charge is 2.34. The Labute approximate surface area is 254 Å². The molecular formula is C30H32F3N5O5S. The number of rotatable bonds is 10. The van der Waals surface area contributed by atoms with Crippen LogP contribution < -0.4 is 16.1 Å². The summed E-state index contributed by atoms with van der Waals surface area (Å²) in [5, 5.41) is 16.4. The Bertz CT molecular complexity index is 1730. The number of carbonyl (C=O) groups excluding carboxylic acids is 2. The van der Waals surface area contributed by atoms with Crippen LogP contribution in [0.2, 0.25) is 0 Å². The normalized spacial score (nSPS) is 12.4. The Balaban J connectivity index is 1.96. The van der Waals surface area contributed by atoms with Crippen LogP contribution in [-0.2, 0) is 10.9 Å². The van der Waals surface area contributed by atoms with Crippen LogP contribution in [0.5, 0.6) is 0 Å². The summed E-state index contributed by atoms with van der Waals surface area (Å²) in [6.45, 7) is 7.45. The fourth-order valence-electron chi connectivity index (χ4n) is 4.78. The first-order valence-electron chi connectivity index (χ1n) is 13.9. The summed E-state index contributed by atoms with van der Waals surface area (Å²) in [5.41, 5.74) is -0.458. The highest BCUT2D eigenvalue weighted by atomic mass is 32.1. The second-order valence-corrected chi connectivity index (χ2v) is 11.2. The molecule has 0 aliphatic heterocycles. The number of amides is 2. The van der Waals surface area contributed by atoms with Gasteiger partial charge in [-0.25, -0.2) is 19.6 Å². The van der Waals surface area contributed by atoms with Crippen LogP contribution in [0.4, 0.5) is 23.8 Å². The number of hydrogen-bond donors (Lipinski definition) is 3. The summed E-state index contributed by atoms with van der Waals surface area (Å²) < 4.78 is 47.1. The number of benzene rings is 1. The quantitative estimate of drug-likeness (QED) is 0.180. The molecule has 4 aromatic rings. The van der Waals surface area contributed by atoms with Crippen molar-refractivity contribution in [2.75, 3.05) is 25.1 Å². The molecule has 1 atom stereocenters. The first kappa shape index (κ1) is 32.6. The molecule has 3 N–H and O–H groups in total. The van der Waals surface area contributed by atoms with E-state index in [2.05, 4.69) is 20.6 Å². The molecule has 2 amide bonds. The van der Waals surface area contributed by atoms with E-state index in [-0.39, 0.29) is 46.5 Å². The Morgan fingerprint density at radius 1 is 1.16 bits per heavy atom. The standard InChI is InChI=1S/C30H32F3N5O5S/c1-5-34-29(42)37-25-11-19(27-36-24(15-44-27)30(31,32)33)21(12-35-25)17-7-8-23-20(10-17)26(40)22(28(41)43-6-2)13-38(23)18(14-39)9-16(3)4/h7-8,10-13,15-16,18,39H,5-6,9,14H2,1-4H3,(H2,34,35,37,42)/t18-/m1/s1. The summed E-state index contributed by atoms with van der Waals surface area (Å²) in [6, 6.07) is 5.25. The van der Waals surface area contributed by atoms with Gasteiger partial charge in [0.05, 0.1) is 24.8 Å². The lowest BCUT2D eigenvalue weighted by atomic mass is 9.98. The molecule has 0 unspecified atom stereocenters. The summed E-state index contributed by atoms with van der Waals surface area (Å²) in [6.07, 6.45) is -1.34. The number of aliphatic hydroxyl groups excluding tert-OH is 1. The van der Waals surface area contributed by atoms with Crippen molar-refractivity contribution in [2.45, 2.75) is 46.3 Å². The van der Waals surface area contributed by atoms with Gasteiger partial charge in [-0.3, -0.25) is 10.1 Å². The monoisotopic (exact) mass is 631 g/mol. The van der Waals surface area contributed by atoms with Gasteiger partial charge in [-0.15, -0.1) is 11.3 Å². The zero-order chi connectivity index (χ0) is 32.2. The number of pyridine rings is 2. The number of alkyl halides is 3. The average Bonchev–Trinajstić information content (AvgIpc) is 3.48. The SMILES string of the molecule is CCNC(=O)Nc1cc(-c2nc(C(F)(F)F)cs2)c(-c2ccc3c(c2)c(=O)c(C(=O)OCC)cn3[C@@H](CO)CC(C)C)cn1. The first-order valence-corrected chi connectivity index (χ1v) is 14.8. The molecule has 14 heteroatoms. The molecule has 0 fully saturated rings. The van der Waals surface area contributed by atoms with Crippen molar-refractivity contribution in [3.63, 3.8) is 0 Å². The molecule has 0 saturated heterocycles. The Morgan fingerprint density at radius 3 is 2.52 bits per heavy atom. The number of esters is 1. The summed E-state index contributed by atoms with van der Waals surface area (Å²) in [4.78, 5) is 46.6. The zero-order valence-electron chi connectivity index (χ0n) is 24.5. The van der Waals surface area contributed by atoms with E-state index in [0.29, 0.717) is 29.6 Å². The molecule has 234 valence electrons. The molecule has 0 aliphatic carbocycles. The largest absolute Gasteiger partial charge is 0.462 e. The molecule has 1 aromatic carbocycles. The molecule has 3 aromatic heterocycles. The third-order valence-electron chi connectivity index (χ3n) is 6.69. The lowest BCUT2D eigenvalue weighted by molar-refractivity contribution is -0.140. The summed E-state index contributed by atoms with van der Waals surface area (Å²) in [5.74, 6) is -0.553. The van der Waals surface area contributed by atoms with Crippen LogP contribution in [0.15, 0.2) is 46.8 Å². The fraction of sp³-hybridized carbons (Fsp3) is 0.367. The molecule has 3 heterocycles. The molecule has 0 radical (unpaired) electrons. The highest BCUT2D eigenvalue weighted by molar-refractivity contribution is 7.13. The first-order chi connectivity index (χ1) is 20.9. The van der Waals surface area contributed by atoms with Crippen molar-refractivity contribution >= 4 is 40.1 Å². The van der Waals surface area contributed by atoms with Gasteiger partial charge in [0.2, 0.25) is 5.43 Å². The summed E-state index contributed by atoms with van der Waals surface area (Å²) in [7, 11) is 0. The van der Waals surface area contributed by atoms with Crippen molar-refractivity contribution in [3.8, 4) is 21.7 Å². The molecule has 4 rings (SSSR count). The number of carbonyl (C=O) groups is 2. The molecule has 44 heavy (non-hydrogen) atoms. The minimum absolute atomic E-state index is 0.0173. The number of hydrogen-bond acceptors (Lipinski definition) is 8. The van der Waals surface area contributed by atoms with Crippen molar-refractivity contribution < 1.29 is 32.6 Å². The molecule has 10 nitrogen and oxygen atoms in total. The van der Waals surface area contributed by atoms with Gasteiger partial charge in [0, 0.05) is 40.8 Å². The minimum atomic E-state index is -4.67. The number of fused-ring (bicyclic) bond motifs is 1. The maximum atomic E-state index is 13.6. The van der Waals surface area contributed by atoms with E-state index in [1.54, 1.807) is 30.5 Å². The van der Waals surface area contributed by atoms with E-state index in [0.717, 1.165) is 16.7 Å². The van der Waals surface area contributed by atoms with Crippen LogP contribution in [0, 0.1) is 5.92 Å². The lowest BCUT2D eigenvalue weighted by Gasteiger charge is -2.23. The fourth-order valence-corrected chi connectivity index (χ4v) is 5.64. The van der Waals surface area contributed by atoms with E-state index in [1.807, 2.05) is 13.8 Å². The van der Waals surface area contributed by atoms with Gasteiger partial charge in [0.15, 0.2) is 5.69 Å². The van der Waals surface area contributed by atoms with Gasteiger partial charge < -0.3 is 19.7 Å². The molecule has 0 bridgehead atoms. The average molecular weight is 632 g/mol. The number of ether oxygens (including phenoxy) is 1. The van der Waals surface area contributed by atoms with Gasteiger partial charge in [-0.2, -0.15) is 13.2 Å². The van der Waals surface area contributed by atoms with Crippen molar-refractivity contribution in [2.24, 2.45) is 5.92 Å². The van der Waals surface area contributed by atoms with Crippen LogP contribution in [0.25, 0.3) is 32.6 Å². The van der Waals surface area contributed by atoms with E-state index < -0.39 is 35.3 Å². The third kappa shape index (κ3) is 7.08. The van der Waals surface area contributed by atoms with Gasteiger partial charge in [0.25, 0.3) is 0 Å². The van der Waals surface area contributed by atoms with E-state index in [1.165, 1.54) is 24.5 Å². The third-order valence-corrected chi connectivity index (χ3v) is 7.57. The topological polar surface area (TPSA) is 135 Å². The molecule has 0 spiro atoms. The van der Waals surface area contributed by atoms with Crippen LogP contribution in [0.3, 0.4) is 0 Å². The van der Waals surface area contributed by atoms with E-state index in [9.17, 15) is 32.7 Å². The number of nitrogens with one attached hydrogen (secondary N) is 2. The number of aromatic nitrogens is 3. The smallest absolute Gasteiger partial charge is 0.434 e. The van der Waals surface area contributed by atoms with E-state index in [4.69, 9.17) is 4.74 Å². The van der Waals surface area contributed by atoms with Crippen molar-refractivity contribution in [3.05, 3.63) is 63.5 Å². The van der Waals surface area contributed by atoms with Gasteiger partial charge >= 0.3 is 18.2 Å². The number of thiazole rings is 1. The Kier molecular flexibility index (Phi) is 10.0. The number of aliphatic hydroxyl groups is 1. The number of halogens is 3. The predicted molar refractivity (Wildman–Crippen MR) is 162 cm³/mol. The number of nitrogens with zero attached hydrogens (tertiary/aromatic N) is 3. The Morgan fingerprint density at radius 2 is 1.91 bits per heavy atom. The van der Waals surface area contributed by atoms with Crippen molar-refractivity contribution in [1.82, 2.24) is 19.9 Å². The van der Waals surface area contributed by atoms with Crippen LogP contribution in [0.1, 0.15) is 56.2 Å². The second kappa shape index (κ2) is 13.6. The van der Waals surface area contributed by atoms with Crippen LogP contribution >= 0.6 is 11.3 Å². The maximum Gasteiger partial charge on any atom is 0.434 e. The molecule has 0 saturated carbocycles. The van der Waals surface area contributed by atoms with Gasteiger partial charge in [-0.1, -0.05) is 19.9 Å². The molecular weight excluding hydrogens is 599 g/mol. The number of anilines is 1. The predicted octanol–water partition coefficient (Wildman–Crippen LogP) is 6.10. The van der Waals surface area contributed by atoms with E-state index >= 15 is 0 Å². The lowest BCUT2D eigenvalue weighted by Crippen LogP contribution is -2.28. The Hall–Kier alpha value is -4.30. The minimum Gasteiger partial charge on any atom is -0.462 e. The van der Waals surface area contributed by atoms with Gasteiger partial charge in [-0.05, 0) is 49.9 Å². The zero-order valence-corrected chi connectivity index (χ0v) is 25.3.